The largest absolute Gasteiger partial charge is 0.477 e. The van der Waals surface area contributed by atoms with Crippen LogP contribution in [0.2, 0.25) is 0 Å². The van der Waals surface area contributed by atoms with Gasteiger partial charge < -0.3 is 14.4 Å². The summed E-state index contributed by atoms with van der Waals surface area (Å²) in [6.45, 7) is 4.01. The van der Waals surface area contributed by atoms with Gasteiger partial charge in [0.25, 0.3) is 0 Å². The van der Waals surface area contributed by atoms with Crippen molar-refractivity contribution >= 4 is 29.7 Å². The molecule has 0 unspecified atom stereocenters. The molecule has 0 amide bonds. The van der Waals surface area contributed by atoms with Crippen LogP contribution in [0.15, 0.2) is 26.6 Å². The van der Waals surface area contributed by atoms with Gasteiger partial charge in [0.1, 0.15) is 16.5 Å². The number of H-pyrrole nitrogens is 1. The molecule has 0 aromatic carbocycles. The summed E-state index contributed by atoms with van der Waals surface area (Å²) in [5, 5.41) is 16.7. The van der Waals surface area contributed by atoms with E-state index in [4.69, 9.17) is 4.42 Å². The first kappa shape index (κ1) is 17.6. The summed E-state index contributed by atoms with van der Waals surface area (Å²) in [6.07, 6.45) is 6.83. The molecule has 0 atom stereocenters. The smallest absolute Gasteiger partial charge is 0.342 e. The van der Waals surface area contributed by atoms with Crippen LogP contribution in [0.4, 0.5) is 5.88 Å². The Morgan fingerprint density at radius 3 is 2.92 bits per heavy atom. The molecule has 25 heavy (non-hydrogen) atoms. The fraction of sp³-hybridized carbons (Fsp3) is 0.471. The number of rotatable bonds is 7. The van der Waals surface area contributed by atoms with Crippen molar-refractivity contribution in [1.29, 1.82) is 0 Å². The molecule has 0 spiro atoms. The number of furan rings is 1. The summed E-state index contributed by atoms with van der Waals surface area (Å²) < 4.78 is 5.81. The lowest BCUT2D eigenvalue weighted by atomic mass is 10.1. The summed E-state index contributed by atoms with van der Waals surface area (Å²) in [7, 11) is 0. The first-order chi connectivity index (χ1) is 12.2. The second kappa shape index (κ2) is 8.24. The van der Waals surface area contributed by atoms with Crippen molar-refractivity contribution in [3.8, 4) is 0 Å². The third-order valence-corrected chi connectivity index (χ3v) is 4.84. The molecule has 7 nitrogen and oxygen atoms in total. The average Bonchev–Trinajstić information content (AvgIpc) is 3.25. The van der Waals surface area contributed by atoms with E-state index >= 15 is 0 Å². The number of aromatic nitrogens is 3. The molecule has 2 N–H and O–H groups in total. The zero-order chi connectivity index (χ0) is 17.6. The summed E-state index contributed by atoms with van der Waals surface area (Å²) in [5.74, 6) is 1.06. The maximum Gasteiger partial charge on any atom is 0.342 e. The monoisotopic (exact) mass is 362 g/mol. The van der Waals surface area contributed by atoms with Gasteiger partial charge in [0.05, 0.1) is 0 Å². The Labute approximate surface area is 150 Å². The molecule has 134 valence electrons. The second-order valence-corrected chi connectivity index (χ2v) is 6.96. The Morgan fingerprint density at radius 2 is 2.20 bits per heavy atom. The van der Waals surface area contributed by atoms with E-state index in [1.807, 2.05) is 6.07 Å². The van der Waals surface area contributed by atoms with Crippen molar-refractivity contribution in [2.45, 2.75) is 44.2 Å². The van der Waals surface area contributed by atoms with E-state index < -0.39 is 5.97 Å². The molecular weight excluding hydrogens is 340 g/mol. The van der Waals surface area contributed by atoms with Gasteiger partial charge in [-0.05, 0) is 43.5 Å². The van der Waals surface area contributed by atoms with Crippen molar-refractivity contribution < 1.29 is 14.3 Å². The fourth-order valence-electron chi connectivity index (χ4n) is 2.74. The number of aromatic amines is 1. The molecule has 0 bridgehead atoms. The van der Waals surface area contributed by atoms with Crippen LogP contribution in [-0.2, 0) is 11.2 Å². The van der Waals surface area contributed by atoms with Gasteiger partial charge in [0, 0.05) is 31.7 Å². The number of carbonyl (C=O) groups is 1. The van der Waals surface area contributed by atoms with Crippen LogP contribution in [0.1, 0.15) is 44.2 Å². The van der Waals surface area contributed by atoms with Crippen molar-refractivity contribution in [2.24, 2.45) is 0 Å². The highest BCUT2D eigenvalue weighted by atomic mass is 32.2. The van der Waals surface area contributed by atoms with E-state index in [2.05, 4.69) is 27.0 Å². The van der Waals surface area contributed by atoms with Gasteiger partial charge >= 0.3 is 5.97 Å². The van der Waals surface area contributed by atoms with Gasteiger partial charge in [-0.3, -0.25) is 5.10 Å². The Bertz CT molecular complexity index is 747. The van der Waals surface area contributed by atoms with E-state index in [0.717, 1.165) is 62.2 Å². The molecular formula is C17H22N4O3S. The normalized spacial score (nSPS) is 15.6. The van der Waals surface area contributed by atoms with Crippen LogP contribution < -0.4 is 4.90 Å². The summed E-state index contributed by atoms with van der Waals surface area (Å²) in [6, 6.07) is 3.70. The van der Waals surface area contributed by atoms with Crippen LogP contribution in [0.3, 0.4) is 0 Å². The van der Waals surface area contributed by atoms with Crippen LogP contribution in [0.5, 0.6) is 0 Å². The topological polar surface area (TPSA) is 95.2 Å². The number of piperidine rings is 1. The highest BCUT2D eigenvalue weighted by molar-refractivity contribution is 8.04. The van der Waals surface area contributed by atoms with Gasteiger partial charge in [-0.25, -0.2) is 9.78 Å². The van der Waals surface area contributed by atoms with E-state index in [-0.39, 0.29) is 4.91 Å². The number of hydrogen-bond acceptors (Lipinski definition) is 6. The lowest BCUT2D eigenvalue weighted by molar-refractivity contribution is -0.131. The number of carboxylic acid groups (broad SMARTS) is 1. The zero-order valence-electron chi connectivity index (χ0n) is 14.2. The van der Waals surface area contributed by atoms with Crippen molar-refractivity contribution in [1.82, 2.24) is 15.2 Å². The van der Waals surface area contributed by atoms with Crippen LogP contribution in [-0.4, -0.2) is 39.3 Å². The molecule has 1 aliphatic heterocycles. The second-order valence-electron chi connectivity index (χ2n) is 5.95. The minimum atomic E-state index is -1.03. The molecule has 2 aromatic rings. The average molecular weight is 362 g/mol. The maximum atomic E-state index is 11.5. The lowest BCUT2D eigenvalue weighted by Crippen LogP contribution is -2.28. The van der Waals surface area contributed by atoms with E-state index in [0.29, 0.717) is 10.9 Å². The summed E-state index contributed by atoms with van der Waals surface area (Å²) >= 11 is 1.02. The van der Waals surface area contributed by atoms with E-state index in [1.54, 1.807) is 6.07 Å². The Kier molecular flexibility index (Phi) is 5.80. The molecule has 0 saturated carbocycles. The third-order valence-electron chi connectivity index (χ3n) is 3.96. The van der Waals surface area contributed by atoms with Gasteiger partial charge in [-0.1, -0.05) is 6.92 Å². The predicted molar refractivity (Wildman–Crippen MR) is 96.6 cm³/mol. The first-order valence-corrected chi connectivity index (χ1v) is 9.36. The molecule has 3 heterocycles. The molecule has 0 aliphatic carbocycles. The first-order valence-electron chi connectivity index (χ1n) is 8.54. The minimum absolute atomic E-state index is 0.126. The number of aliphatic carboxylic acids is 1. The minimum Gasteiger partial charge on any atom is -0.477 e. The number of anilines is 1. The maximum absolute atomic E-state index is 11.5. The van der Waals surface area contributed by atoms with Crippen LogP contribution in [0, 0.1) is 0 Å². The molecule has 8 heteroatoms. The zero-order valence-corrected chi connectivity index (χ0v) is 15.0. The standard InChI is InChI=1S/C17H22N4O3S/c1-2-6-14-18-17(20-19-14)25-13(16(22)23)11-12-7-8-15(24-12)21-9-4-3-5-10-21/h7-8,11H,2-6,9-10H2,1H3,(H,22,23)(H,18,19,20)/b13-11-. The van der Waals surface area contributed by atoms with Crippen molar-refractivity contribution in [2.75, 3.05) is 18.0 Å². The lowest BCUT2D eigenvalue weighted by Gasteiger charge is -2.25. The van der Waals surface area contributed by atoms with Gasteiger partial charge in [-0.15, -0.1) is 5.10 Å². The quantitative estimate of drug-likeness (QED) is 0.574. The Morgan fingerprint density at radius 1 is 1.40 bits per heavy atom. The summed E-state index contributed by atoms with van der Waals surface area (Å²) in [5.41, 5.74) is 0. The van der Waals surface area contributed by atoms with Gasteiger partial charge in [-0.2, -0.15) is 0 Å². The van der Waals surface area contributed by atoms with Crippen molar-refractivity contribution in [3.63, 3.8) is 0 Å². The number of nitrogens with zero attached hydrogens (tertiary/aromatic N) is 3. The number of carboxylic acids is 1. The Hall–Kier alpha value is -2.22. The summed E-state index contributed by atoms with van der Waals surface area (Å²) in [4.78, 5) is 18.2. The molecule has 0 radical (unpaired) electrons. The highest BCUT2D eigenvalue weighted by Crippen LogP contribution is 2.28. The number of hydrogen-bond donors (Lipinski definition) is 2. The Balaban J connectivity index is 1.73. The van der Waals surface area contributed by atoms with Gasteiger partial charge in [0.15, 0.2) is 5.88 Å². The fourth-order valence-corrected chi connectivity index (χ4v) is 3.44. The molecule has 1 fully saturated rings. The van der Waals surface area contributed by atoms with Crippen LogP contribution >= 0.6 is 11.8 Å². The van der Waals surface area contributed by atoms with E-state index in [1.165, 1.54) is 12.5 Å². The number of thioether (sulfide) groups is 1. The SMILES string of the molecule is CCCc1nc(S/C(=C\c2ccc(N3CCCCC3)o2)C(=O)O)n[nH]1. The molecule has 1 saturated heterocycles. The molecule has 2 aromatic heterocycles. The predicted octanol–water partition coefficient (Wildman–Crippen LogP) is 3.56. The number of aryl methyl sites for hydroxylation is 1. The van der Waals surface area contributed by atoms with E-state index in [9.17, 15) is 9.90 Å². The van der Waals surface area contributed by atoms with Crippen molar-refractivity contribution in [3.05, 3.63) is 28.6 Å². The third kappa shape index (κ3) is 4.66. The number of nitrogens with one attached hydrogen (secondary N) is 1. The molecule has 3 rings (SSSR count). The molecule has 1 aliphatic rings. The van der Waals surface area contributed by atoms with Crippen LogP contribution in [0.25, 0.3) is 6.08 Å². The highest BCUT2D eigenvalue weighted by Gasteiger charge is 2.17. The van der Waals surface area contributed by atoms with Gasteiger partial charge in [0.2, 0.25) is 5.16 Å².